The third-order valence-electron chi connectivity index (χ3n) is 3.18. The van der Waals surface area contributed by atoms with Crippen molar-refractivity contribution in [3.8, 4) is 0 Å². The molecule has 1 aromatic rings. The van der Waals surface area contributed by atoms with E-state index < -0.39 is 0 Å². The SMILES string of the molecule is CN1CCN(C(=O)CSc2ccc(F)cc2N)CC1. The van der Waals surface area contributed by atoms with Crippen LogP contribution in [0.5, 0.6) is 0 Å². The number of nitrogen functional groups attached to an aromatic ring is 1. The number of likely N-dealkylation sites (N-methyl/N-ethyl adjacent to an activating group) is 1. The number of nitrogens with zero attached hydrogens (tertiary/aromatic N) is 2. The maximum absolute atomic E-state index is 12.9. The topological polar surface area (TPSA) is 49.6 Å². The zero-order valence-electron chi connectivity index (χ0n) is 10.9. The van der Waals surface area contributed by atoms with E-state index in [1.54, 1.807) is 6.07 Å². The second-order valence-electron chi connectivity index (χ2n) is 4.65. The normalized spacial score (nSPS) is 16.6. The average Bonchev–Trinajstić information content (AvgIpc) is 2.38. The second kappa shape index (κ2) is 6.25. The molecule has 1 saturated heterocycles. The molecule has 0 aliphatic carbocycles. The number of nitrogens with two attached hydrogens (primary N) is 1. The smallest absolute Gasteiger partial charge is 0.233 e. The molecule has 2 N–H and O–H groups in total. The summed E-state index contributed by atoms with van der Waals surface area (Å²) in [4.78, 5) is 16.9. The van der Waals surface area contributed by atoms with Crippen molar-refractivity contribution >= 4 is 23.4 Å². The van der Waals surface area contributed by atoms with Gasteiger partial charge in [-0.1, -0.05) is 0 Å². The van der Waals surface area contributed by atoms with Gasteiger partial charge in [-0.3, -0.25) is 4.79 Å². The van der Waals surface area contributed by atoms with Crippen LogP contribution in [0.4, 0.5) is 10.1 Å². The number of benzene rings is 1. The van der Waals surface area contributed by atoms with Crippen LogP contribution in [-0.2, 0) is 4.79 Å². The standard InChI is InChI=1S/C13H18FN3OS/c1-16-4-6-17(7-5-16)13(18)9-19-12-3-2-10(14)8-11(12)15/h2-3,8H,4-7,9,15H2,1H3. The Labute approximate surface area is 116 Å². The monoisotopic (exact) mass is 283 g/mol. The van der Waals surface area contributed by atoms with E-state index in [0.29, 0.717) is 11.4 Å². The molecule has 0 spiro atoms. The highest BCUT2D eigenvalue weighted by Gasteiger charge is 2.19. The van der Waals surface area contributed by atoms with Crippen LogP contribution in [-0.4, -0.2) is 54.7 Å². The van der Waals surface area contributed by atoms with Gasteiger partial charge < -0.3 is 15.5 Å². The third kappa shape index (κ3) is 3.84. The van der Waals surface area contributed by atoms with Crippen LogP contribution in [0.25, 0.3) is 0 Å². The molecule has 1 amide bonds. The molecule has 104 valence electrons. The average molecular weight is 283 g/mol. The number of thioether (sulfide) groups is 1. The Kier molecular flexibility index (Phi) is 4.66. The quantitative estimate of drug-likeness (QED) is 0.670. The maximum Gasteiger partial charge on any atom is 0.233 e. The van der Waals surface area contributed by atoms with Crippen LogP contribution in [0.15, 0.2) is 23.1 Å². The first-order valence-corrected chi connectivity index (χ1v) is 7.19. The molecule has 4 nitrogen and oxygen atoms in total. The minimum Gasteiger partial charge on any atom is -0.398 e. The van der Waals surface area contributed by atoms with Crippen molar-refractivity contribution in [1.82, 2.24) is 9.80 Å². The van der Waals surface area contributed by atoms with E-state index in [0.717, 1.165) is 31.1 Å². The fourth-order valence-corrected chi connectivity index (χ4v) is 2.79. The minimum atomic E-state index is -0.354. The van der Waals surface area contributed by atoms with E-state index >= 15 is 0 Å². The Balaban J connectivity index is 1.86. The van der Waals surface area contributed by atoms with Crippen molar-refractivity contribution in [2.24, 2.45) is 0 Å². The molecule has 19 heavy (non-hydrogen) atoms. The first-order valence-electron chi connectivity index (χ1n) is 6.20. The van der Waals surface area contributed by atoms with Gasteiger partial charge >= 0.3 is 0 Å². The molecule has 0 aromatic heterocycles. The molecule has 1 aliphatic heterocycles. The summed E-state index contributed by atoms with van der Waals surface area (Å²) in [5, 5.41) is 0. The molecule has 2 rings (SSSR count). The number of hydrogen-bond acceptors (Lipinski definition) is 4. The van der Waals surface area contributed by atoms with E-state index in [9.17, 15) is 9.18 Å². The Morgan fingerprint density at radius 1 is 1.37 bits per heavy atom. The summed E-state index contributed by atoms with van der Waals surface area (Å²) in [6.07, 6.45) is 0. The van der Waals surface area contributed by atoms with Gasteiger partial charge in [-0.25, -0.2) is 4.39 Å². The third-order valence-corrected chi connectivity index (χ3v) is 4.25. The predicted molar refractivity (Wildman–Crippen MR) is 75.6 cm³/mol. The van der Waals surface area contributed by atoms with Gasteiger partial charge in [0.25, 0.3) is 0 Å². The van der Waals surface area contributed by atoms with Crippen molar-refractivity contribution in [1.29, 1.82) is 0 Å². The lowest BCUT2D eigenvalue weighted by Crippen LogP contribution is -2.47. The Morgan fingerprint density at radius 2 is 2.05 bits per heavy atom. The summed E-state index contributed by atoms with van der Waals surface area (Å²) in [6.45, 7) is 3.37. The number of amides is 1. The molecular formula is C13H18FN3OS. The molecule has 1 aliphatic rings. The van der Waals surface area contributed by atoms with E-state index in [1.807, 2.05) is 4.90 Å². The van der Waals surface area contributed by atoms with Crippen LogP contribution in [0.3, 0.4) is 0 Å². The molecule has 0 atom stereocenters. The highest BCUT2D eigenvalue weighted by molar-refractivity contribution is 8.00. The van der Waals surface area contributed by atoms with E-state index in [4.69, 9.17) is 5.73 Å². The number of halogens is 1. The van der Waals surface area contributed by atoms with Crippen molar-refractivity contribution in [3.63, 3.8) is 0 Å². The zero-order chi connectivity index (χ0) is 13.8. The summed E-state index contributed by atoms with van der Waals surface area (Å²) in [5.41, 5.74) is 6.10. The van der Waals surface area contributed by atoms with Gasteiger partial charge in [0, 0.05) is 36.8 Å². The molecule has 0 bridgehead atoms. The van der Waals surface area contributed by atoms with E-state index in [-0.39, 0.29) is 11.7 Å². The number of rotatable bonds is 3. The van der Waals surface area contributed by atoms with Crippen LogP contribution >= 0.6 is 11.8 Å². The maximum atomic E-state index is 12.9. The minimum absolute atomic E-state index is 0.113. The van der Waals surface area contributed by atoms with Crippen LogP contribution in [0, 0.1) is 5.82 Å². The van der Waals surface area contributed by atoms with Gasteiger partial charge in [0.05, 0.1) is 5.75 Å². The highest BCUT2D eigenvalue weighted by atomic mass is 32.2. The molecule has 0 unspecified atom stereocenters. The van der Waals surface area contributed by atoms with Crippen molar-refractivity contribution < 1.29 is 9.18 Å². The molecular weight excluding hydrogens is 265 g/mol. The fourth-order valence-electron chi connectivity index (χ4n) is 1.94. The largest absolute Gasteiger partial charge is 0.398 e. The zero-order valence-corrected chi connectivity index (χ0v) is 11.8. The summed E-state index contributed by atoms with van der Waals surface area (Å²) < 4.78 is 12.9. The summed E-state index contributed by atoms with van der Waals surface area (Å²) in [7, 11) is 2.05. The van der Waals surface area contributed by atoms with Gasteiger partial charge in [-0.15, -0.1) is 11.8 Å². The molecule has 1 fully saturated rings. The fraction of sp³-hybridized carbons (Fsp3) is 0.462. The number of carbonyl (C=O) groups excluding carboxylic acids is 1. The number of carbonyl (C=O) groups is 1. The van der Waals surface area contributed by atoms with E-state index in [2.05, 4.69) is 11.9 Å². The molecule has 0 saturated carbocycles. The number of hydrogen-bond donors (Lipinski definition) is 1. The van der Waals surface area contributed by atoms with Gasteiger partial charge in [-0.05, 0) is 25.2 Å². The Hall–Kier alpha value is -1.27. The van der Waals surface area contributed by atoms with Crippen molar-refractivity contribution in [2.45, 2.75) is 4.90 Å². The number of anilines is 1. The highest BCUT2D eigenvalue weighted by Crippen LogP contribution is 2.25. The lowest BCUT2D eigenvalue weighted by Gasteiger charge is -2.32. The van der Waals surface area contributed by atoms with Crippen molar-refractivity contribution in [3.05, 3.63) is 24.0 Å². The van der Waals surface area contributed by atoms with Gasteiger partial charge in [0.15, 0.2) is 0 Å². The van der Waals surface area contributed by atoms with Gasteiger partial charge in [-0.2, -0.15) is 0 Å². The van der Waals surface area contributed by atoms with E-state index in [1.165, 1.54) is 23.9 Å². The van der Waals surface area contributed by atoms with Crippen LogP contribution in [0.2, 0.25) is 0 Å². The Morgan fingerprint density at radius 3 is 2.68 bits per heavy atom. The van der Waals surface area contributed by atoms with Crippen molar-refractivity contribution in [2.75, 3.05) is 44.7 Å². The lowest BCUT2D eigenvalue weighted by molar-refractivity contribution is -0.129. The molecule has 6 heteroatoms. The number of piperazine rings is 1. The van der Waals surface area contributed by atoms with Crippen LogP contribution < -0.4 is 5.73 Å². The molecule has 1 aromatic carbocycles. The summed E-state index contributed by atoms with van der Waals surface area (Å²) in [6, 6.07) is 4.26. The second-order valence-corrected chi connectivity index (χ2v) is 5.67. The first kappa shape index (κ1) is 14.1. The predicted octanol–water partition coefficient (Wildman–Crippen LogP) is 1.27. The van der Waals surface area contributed by atoms with Crippen LogP contribution in [0.1, 0.15) is 0 Å². The Bertz CT molecular complexity index is 461. The molecule has 1 heterocycles. The lowest BCUT2D eigenvalue weighted by atomic mass is 10.3. The summed E-state index contributed by atoms with van der Waals surface area (Å²) >= 11 is 1.36. The van der Waals surface area contributed by atoms with Gasteiger partial charge in [0.2, 0.25) is 5.91 Å². The van der Waals surface area contributed by atoms with Gasteiger partial charge in [0.1, 0.15) is 5.82 Å². The first-order chi connectivity index (χ1) is 9.06. The molecule has 0 radical (unpaired) electrons. The summed E-state index contributed by atoms with van der Waals surface area (Å²) in [5.74, 6) is 0.105.